The first-order valence-corrected chi connectivity index (χ1v) is 7.15. The fraction of sp³-hybridized carbons (Fsp3) is 0. The monoisotopic (exact) mass is 200 g/mol. The summed E-state index contributed by atoms with van der Waals surface area (Å²) >= 11 is 11.5. The van der Waals surface area contributed by atoms with Gasteiger partial charge in [-0.1, -0.05) is 18.1 Å². The van der Waals surface area contributed by atoms with Crippen LogP contribution in [0, 0.1) is 12.3 Å². The van der Waals surface area contributed by atoms with Crippen molar-refractivity contribution in [1.29, 1.82) is 0 Å². The Morgan fingerprint density at radius 2 is 1.73 bits per heavy atom. The Kier molecular flexibility index (Phi) is 3.01. The summed E-state index contributed by atoms with van der Waals surface area (Å²) in [6.07, 6.45) is 5.17. The van der Waals surface area contributed by atoms with Crippen LogP contribution in [0.3, 0.4) is 0 Å². The molecule has 0 nitrogen and oxygen atoms in total. The highest BCUT2D eigenvalue weighted by atomic mass is 35.7. The van der Waals surface area contributed by atoms with Gasteiger partial charge in [0.2, 0.25) is 0 Å². The summed E-state index contributed by atoms with van der Waals surface area (Å²) in [5, 5.41) is 1.01. The summed E-state index contributed by atoms with van der Waals surface area (Å²) in [5.41, 5.74) is 0.858. The maximum atomic E-state index is 5.75. The van der Waals surface area contributed by atoms with Gasteiger partial charge in [-0.2, -0.15) is 0 Å². The molecule has 0 N–H and O–H groups in total. The van der Waals surface area contributed by atoms with Crippen molar-refractivity contribution in [3.05, 3.63) is 29.8 Å². The van der Waals surface area contributed by atoms with E-state index in [4.69, 9.17) is 28.6 Å². The average Bonchev–Trinajstić information content (AvgIpc) is 2.05. The first kappa shape index (κ1) is 8.67. The van der Waals surface area contributed by atoms with Crippen LogP contribution in [0.25, 0.3) is 0 Å². The highest BCUT2D eigenvalue weighted by Gasteiger charge is 2.03. The van der Waals surface area contributed by atoms with E-state index in [2.05, 4.69) is 5.92 Å². The molecule has 0 aromatic heterocycles. The van der Waals surface area contributed by atoms with Crippen LogP contribution in [-0.4, -0.2) is 7.42 Å². The van der Waals surface area contributed by atoms with Crippen LogP contribution in [0.2, 0.25) is 0 Å². The molecule has 0 aliphatic heterocycles. The minimum Gasteiger partial charge on any atom is -0.144 e. The average molecular weight is 201 g/mol. The molecular formula is C8H6Cl2Si. The van der Waals surface area contributed by atoms with Gasteiger partial charge in [-0.25, -0.2) is 0 Å². The fourth-order valence-electron chi connectivity index (χ4n) is 0.725. The summed E-state index contributed by atoms with van der Waals surface area (Å²) in [5.74, 6) is 2.52. The Morgan fingerprint density at radius 1 is 1.18 bits per heavy atom. The summed E-state index contributed by atoms with van der Waals surface area (Å²) in [7, 11) is -1.68. The maximum absolute atomic E-state index is 5.75. The van der Waals surface area contributed by atoms with Crippen molar-refractivity contribution in [1.82, 2.24) is 0 Å². The number of rotatable bonds is 1. The lowest BCUT2D eigenvalue weighted by Crippen LogP contribution is -2.17. The molecule has 0 bridgehead atoms. The second kappa shape index (κ2) is 3.82. The zero-order valence-corrected chi connectivity index (χ0v) is 8.39. The highest BCUT2D eigenvalue weighted by molar-refractivity contribution is 7.39. The summed E-state index contributed by atoms with van der Waals surface area (Å²) < 4.78 is 0. The van der Waals surface area contributed by atoms with Crippen molar-refractivity contribution in [2.75, 3.05) is 0 Å². The molecule has 0 saturated heterocycles. The number of terminal acetylenes is 1. The molecule has 56 valence electrons. The summed E-state index contributed by atoms with van der Waals surface area (Å²) in [6.45, 7) is 0. The third-order valence-electron chi connectivity index (χ3n) is 1.33. The van der Waals surface area contributed by atoms with Crippen LogP contribution >= 0.6 is 22.2 Å². The molecule has 0 saturated carbocycles. The van der Waals surface area contributed by atoms with Crippen molar-refractivity contribution in [3.8, 4) is 12.3 Å². The molecule has 0 spiro atoms. The van der Waals surface area contributed by atoms with E-state index in [0.717, 1.165) is 10.8 Å². The van der Waals surface area contributed by atoms with Crippen molar-refractivity contribution >= 4 is 34.8 Å². The van der Waals surface area contributed by atoms with E-state index in [-0.39, 0.29) is 0 Å². The fourth-order valence-corrected chi connectivity index (χ4v) is 2.08. The topological polar surface area (TPSA) is 0 Å². The van der Waals surface area contributed by atoms with Crippen molar-refractivity contribution in [2.45, 2.75) is 0 Å². The van der Waals surface area contributed by atoms with Crippen molar-refractivity contribution in [3.63, 3.8) is 0 Å². The molecule has 1 aromatic carbocycles. The normalized spacial score (nSPS) is 9.64. The molecule has 3 heteroatoms. The molecule has 0 aliphatic carbocycles. The third kappa shape index (κ3) is 2.27. The zero-order valence-electron chi connectivity index (χ0n) is 5.72. The van der Waals surface area contributed by atoms with E-state index >= 15 is 0 Å². The molecule has 0 fully saturated rings. The van der Waals surface area contributed by atoms with Crippen molar-refractivity contribution in [2.24, 2.45) is 0 Å². The molecule has 1 aromatic rings. The molecule has 0 amide bonds. The Bertz CT molecular complexity index is 271. The first-order valence-electron chi connectivity index (χ1n) is 3.09. The Morgan fingerprint density at radius 3 is 2.09 bits per heavy atom. The lowest BCUT2D eigenvalue weighted by Gasteiger charge is -1.97. The van der Waals surface area contributed by atoms with Crippen LogP contribution < -0.4 is 5.19 Å². The smallest absolute Gasteiger partial charge is 0.144 e. The minimum absolute atomic E-state index is 0.858. The molecule has 0 aliphatic rings. The number of halogens is 2. The van der Waals surface area contributed by atoms with E-state index in [9.17, 15) is 0 Å². The van der Waals surface area contributed by atoms with Gasteiger partial charge in [0.15, 0.2) is 0 Å². The van der Waals surface area contributed by atoms with Gasteiger partial charge in [-0.05, 0) is 17.3 Å². The largest absolute Gasteiger partial charge is 0.266 e. The third-order valence-corrected chi connectivity index (χ3v) is 3.73. The van der Waals surface area contributed by atoms with Gasteiger partial charge in [-0.15, -0.1) is 28.6 Å². The predicted octanol–water partition coefficient (Wildman–Crippen LogP) is 1.57. The van der Waals surface area contributed by atoms with Crippen LogP contribution in [0.15, 0.2) is 24.3 Å². The molecule has 0 radical (unpaired) electrons. The SMILES string of the molecule is C#Cc1ccc([SiH](Cl)Cl)cc1. The van der Waals surface area contributed by atoms with E-state index < -0.39 is 7.42 Å². The molecule has 0 atom stereocenters. The summed E-state index contributed by atoms with van der Waals surface area (Å²) in [6, 6.07) is 7.46. The predicted molar refractivity (Wildman–Crippen MR) is 52.9 cm³/mol. The van der Waals surface area contributed by atoms with E-state index in [1.807, 2.05) is 24.3 Å². The van der Waals surface area contributed by atoms with Gasteiger partial charge in [0.1, 0.15) is 0 Å². The van der Waals surface area contributed by atoms with Crippen LogP contribution in [-0.2, 0) is 0 Å². The van der Waals surface area contributed by atoms with E-state index in [0.29, 0.717) is 0 Å². The lowest BCUT2D eigenvalue weighted by molar-refractivity contribution is 1.69. The Balaban J connectivity index is 2.94. The molecule has 1 rings (SSSR count). The Labute approximate surface area is 77.2 Å². The van der Waals surface area contributed by atoms with Gasteiger partial charge in [0, 0.05) is 5.56 Å². The first-order chi connectivity index (χ1) is 5.24. The van der Waals surface area contributed by atoms with Gasteiger partial charge < -0.3 is 0 Å². The van der Waals surface area contributed by atoms with Crippen molar-refractivity contribution < 1.29 is 0 Å². The standard InChI is InChI=1S/C8H6Cl2Si/c1-2-7-3-5-8(6-4-7)11(9)10/h1,3-6,11H. The van der Waals surface area contributed by atoms with Gasteiger partial charge in [-0.3, -0.25) is 0 Å². The summed E-state index contributed by atoms with van der Waals surface area (Å²) in [4.78, 5) is 0. The maximum Gasteiger partial charge on any atom is 0.266 e. The van der Waals surface area contributed by atoms with E-state index in [1.54, 1.807) is 0 Å². The molecule has 0 unspecified atom stereocenters. The second-order valence-electron chi connectivity index (χ2n) is 2.07. The van der Waals surface area contributed by atoms with Crippen LogP contribution in [0.5, 0.6) is 0 Å². The minimum atomic E-state index is -1.68. The van der Waals surface area contributed by atoms with Crippen LogP contribution in [0.4, 0.5) is 0 Å². The van der Waals surface area contributed by atoms with Gasteiger partial charge in [0.05, 0.1) is 0 Å². The van der Waals surface area contributed by atoms with E-state index in [1.165, 1.54) is 0 Å². The van der Waals surface area contributed by atoms with Gasteiger partial charge in [0.25, 0.3) is 7.42 Å². The number of benzene rings is 1. The zero-order chi connectivity index (χ0) is 8.27. The highest BCUT2D eigenvalue weighted by Crippen LogP contribution is 2.00. The molecular weight excluding hydrogens is 195 g/mol. The second-order valence-corrected chi connectivity index (χ2v) is 6.62. The van der Waals surface area contributed by atoms with Crippen LogP contribution in [0.1, 0.15) is 5.56 Å². The lowest BCUT2D eigenvalue weighted by atomic mass is 10.2. The Hall–Kier alpha value is -0.423. The van der Waals surface area contributed by atoms with Gasteiger partial charge >= 0.3 is 0 Å². The quantitative estimate of drug-likeness (QED) is 0.367. The molecule has 0 heterocycles. The number of hydrogen-bond acceptors (Lipinski definition) is 0. The molecule has 11 heavy (non-hydrogen) atoms. The number of hydrogen-bond donors (Lipinski definition) is 0.